The molecule has 1 aliphatic heterocycles. The number of rotatable bonds is 0. The lowest BCUT2D eigenvalue weighted by atomic mass is 9.74. The first-order valence-corrected chi connectivity index (χ1v) is 6.11. The van der Waals surface area contributed by atoms with Gasteiger partial charge in [0.1, 0.15) is 0 Å². The lowest BCUT2D eigenvalue weighted by Crippen LogP contribution is -2.47. The Hall–Kier alpha value is -0.930. The monoisotopic (exact) mass is 219 g/mol. The molecule has 1 saturated carbocycles. The van der Waals surface area contributed by atoms with Crippen LogP contribution in [0.5, 0.6) is 0 Å². The van der Waals surface area contributed by atoms with E-state index in [1.54, 1.807) is 6.08 Å². The van der Waals surface area contributed by atoms with Gasteiger partial charge in [0, 0.05) is 24.9 Å². The fraction of sp³-hybridized carbons (Fsp3) is 0.615. The Morgan fingerprint density at radius 1 is 1.38 bits per heavy atom. The van der Waals surface area contributed by atoms with Gasteiger partial charge in [0.05, 0.1) is 6.10 Å². The molecule has 0 spiro atoms. The molecule has 2 N–H and O–H groups in total. The van der Waals surface area contributed by atoms with Gasteiger partial charge in [-0.25, -0.2) is 0 Å². The van der Waals surface area contributed by atoms with Crippen LogP contribution in [0.15, 0.2) is 23.3 Å². The first kappa shape index (κ1) is 10.2. The van der Waals surface area contributed by atoms with E-state index in [1.165, 1.54) is 5.57 Å². The largest absolute Gasteiger partial charge is 0.389 e. The summed E-state index contributed by atoms with van der Waals surface area (Å²) in [6, 6.07) is 0.314. The molecule has 1 fully saturated rings. The molecule has 0 saturated heterocycles. The number of allylic oxidation sites excluding steroid dienone is 1. The molecule has 3 nitrogen and oxygen atoms in total. The summed E-state index contributed by atoms with van der Waals surface area (Å²) in [5.41, 5.74) is 2.32. The Bertz CT molecular complexity index is 383. The van der Waals surface area contributed by atoms with Crippen LogP contribution in [0.1, 0.15) is 25.7 Å². The molecule has 2 aliphatic carbocycles. The van der Waals surface area contributed by atoms with Gasteiger partial charge in [-0.2, -0.15) is 0 Å². The quantitative estimate of drug-likeness (QED) is 0.596. The molecule has 16 heavy (non-hydrogen) atoms. The van der Waals surface area contributed by atoms with Crippen molar-refractivity contribution in [3.05, 3.63) is 23.3 Å². The smallest absolute Gasteiger partial charge is 0.159 e. The Morgan fingerprint density at radius 2 is 2.25 bits per heavy atom. The second-order valence-electron chi connectivity index (χ2n) is 5.00. The maximum absolute atomic E-state index is 11.5. The van der Waals surface area contributed by atoms with E-state index in [1.807, 2.05) is 6.08 Å². The third-order valence-corrected chi connectivity index (χ3v) is 3.99. The number of hydrogen-bond acceptors (Lipinski definition) is 3. The van der Waals surface area contributed by atoms with Gasteiger partial charge in [-0.1, -0.05) is 11.6 Å². The SMILES string of the molecule is O=C1C=CC2CNC3CCCC(O)C3=C2C1. The van der Waals surface area contributed by atoms with Crippen LogP contribution in [0.25, 0.3) is 0 Å². The normalized spacial score (nSPS) is 38.3. The lowest BCUT2D eigenvalue weighted by Gasteiger charge is -2.40. The van der Waals surface area contributed by atoms with E-state index in [0.717, 1.165) is 31.4 Å². The maximum atomic E-state index is 11.5. The van der Waals surface area contributed by atoms with Crippen molar-refractivity contribution < 1.29 is 9.90 Å². The minimum Gasteiger partial charge on any atom is -0.389 e. The predicted octanol–water partition coefficient (Wildman–Crippen LogP) is 0.945. The lowest BCUT2D eigenvalue weighted by molar-refractivity contribution is -0.114. The average molecular weight is 219 g/mol. The summed E-state index contributed by atoms with van der Waals surface area (Å²) >= 11 is 0. The number of aliphatic hydroxyl groups is 1. The third kappa shape index (κ3) is 1.55. The van der Waals surface area contributed by atoms with Crippen molar-refractivity contribution in [2.45, 2.75) is 37.8 Å². The van der Waals surface area contributed by atoms with Crippen LogP contribution in [0.2, 0.25) is 0 Å². The van der Waals surface area contributed by atoms with Crippen LogP contribution in [-0.4, -0.2) is 29.6 Å². The molecule has 86 valence electrons. The van der Waals surface area contributed by atoms with E-state index in [4.69, 9.17) is 0 Å². The summed E-state index contributed by atoms with van der Waals surface area (Å²) in [5, 5.41) is 13.6. The molecule has 0 radical (unpaired) electrons. The molecular formula is C13H17NO2. The second-order valence-corrected chi connectivity index (χ2v) is 5.00. The zero-order chi connectivity index (χ0) is 11.1. The van der Waals surface area contributed by atoms with Gasteiger partial charge < -0.3 is 10.4 Å². The summed E-state index contributed by atoms with van der Waals surface area (Å²) in [6.45, 7) is 0.917. The molecule has 0 amide bonds. The van der Waals surface area contributed by atoms with E-state index in [2.05, 4.69) is 5.32 Å². The van der Waals surface area contributed by atoms with E-state index in [0.29, 0.717) is 18.4 Å². The van der Waals surface area contributed by atoms with Crippen LogP contribution in [-0.2, 0) is 4.79 Å². The van der Waals surface area contributed by atoms with E-state index < -0.39 is 0 Å². The number of fused-ring (bicyclic) bond motifs is 2. The highest BCUT2D eigenvalue weighted by Crippen LogP contribution is 2.36. The van der Waals surface area contributed by atoms with Gasteiger partial charge in [-0.15, -0.1) is 0 Å². The van der Waals surface area contributed by atoms with Crippen molar-refractivity contribution in [1.82, 2.24) is 5.32 Å². The van der Waals surface area contributed by atoms with Gasteiger partial charge >= 0.3 is 0 Å². The Balaban J connectivity index is 2.03. The highest BCUT2D eigenvalue weighted by molar-refractivity contribution is 5.93. The van der Waals surface area contributed by atoms with Crippen molar-refractivity contribution in [1.29, 1.82) is 0 Å². The average Bonchev–Trinajstić information content (AvgIpc) is 2.28. The number of nitrogens with one attached hydrogen (secondary N) is 1. The fourth-order valence-corrected chi connectivity index (χ4v) is 3.20. The van der Waals surface area contributed by atoms with Gasteiger partial charge in [-0.05, 0) is 30.9 Å². The minimum absolute atomic E-state index is 0.178. The van der Waals surface area contributed by atoms with Crippen LogP contribution in [0, 0.1) is 5.92 Å². The van der Waals surface area contributed by atoms with Crippen LogP contribution >= 0.6 is 0 Å². The molecule has 3 heteroatoms. The molecule has 3 aliphatic rings. The summed E-state index contributed by atoms with van der Waals surface area (Å²) in [5.74, 6) is 0.508. The van der Waals surface area contributed by atoms with Crippen LogP contribution < -0.4 is 5.32 Å². The fourth-order valence-electron chi connectivity index (χ4n) is 3.20. The second kappa shape index (κ2) is 3.82. The summed E-state index contributed by atoms with van der Waals surface area (Å²) in [7, 11) is 0. The Kier molecular flexibility index (Phi) is 2.45. The van der Waals surface area contributed by atoms with Crippen molar-refractivity contribution in [3.63, 3.8) is 0 Å². The minimum atomic E-state index is -0.330. The predicted molar refractivity (Wildman–Crippen MR) is 60.9 cm³/mol. The van der Waals surface area contributed by atoms with E-state index in [9.17, 15) is 9.90 Å². The van der Waals surface area contributed by atoms with Gasteiger partial charge in [0.25, 0.3) is 0 Å². The Labute approximate surface area is 95.2 Å². The zero-order valence-electron chi connectivity index (χ0n) is 9.28. The molecule has 3 atom stereocenters. The highest BCUT2D eigenvalue weighted by Gasteiger charge is 2.35. The first-order valence-electron chi connectivity index (χ1n) is 6.11. The molecule has 0 bridgehead atoms. The number of hydrogen-bond donors (Lipinski definition) is 2. The summed E-state index contributed by atoms with van der Waals surface area (Å²) in [4.78, 5) is 11.5. The molecule has 3 unspecified atom stereocenters. The topological polar surface area (TPSA) is 49.3 Å². The molecule has 1 heterocycles. The summed E-state index contributed by atoms with van der Waals surface area (Å²) < 4.78 is 0. The van der Waals surface area contributed by atoms with Gasteiger partial charge in [0.15, 0.2) is 5.78 Å². The number of carbonyl (C=O) groups excluding carboxylic acids is 1. The van der Waals surface area contributed by atoms with E-state index in [-0.39, 0.29) is 11.9 Å². The van der Waals surface area contributed by atoms with Crippen molar-refractivity contribution >= 4 is 5.78 Å². The van der Waals surface area contributed by atoms with Gasteiger partial charge in [-0.3, -0.25) is 4.79 Å². The number of aliphatic hydroxyl groups excluding tert-OH is 1. The third-order valence-electron chi connectivity index (χ3n) is 3.99. The van der Waals surface area contributed by atoms with Crippen molar-refractivity contribution in [3.8, 4) is 0 Å². The van der Waals surface area contributed by atoms with Gasteiger partial charge in [0.2, 0.25) is 0 Å². The van der Waals surface area contributed by atoms with Crippen LogP contribution in [0.4, 0.5) is 0 Å². The van der Waals surface area contributed by atoms with Crippen molar-refractivity contribution in [2.75, 3.05) is 6.54 Å². The highest BCUT2D eigenvalue weighted by atomic mass is 16.3. The summed E-state index contributed by atoms with van der Waals surface area (Å²) in [6.07, 6.45) is 6.88. The van der Waals surface area contributed by atoms with Crippen molar-refractivity contribution in [2.24, 2.45) is 5.92 Å². The van der Waals surface area contributed by atoms with Crippen LogP contribution in [0.3, 0.4) is 0 Å². The molecule has 0 aromatic rings. The van der Waals surface area contributed by atoms with E-state index >= 15 is 0 Å². The molecular weight excluding hydrogens is 202 g/mol. The molecule has 3 rings (SSSR count). The molecule has 0 aromatic heterocycles. The molecule has 0 aromatic carbocycles. The Morgan fingerprint density at radius 3 is 3.12 bits per heavy atom. The number of ketones is 1. The first-order chi connectivity index (χ1) is 7.75. The maximum Gasteiger partial charge on any atom is 0.159 e. The number of carbonyl (C=O) groups is 1. The zero-order valence-corrected chi connectivity index (χ0v) is 9.28. The standard InChI is InChI=1S/C13H17NO2/c15-9-5-4-8-7-14-11-2-1-3-12(16)13(11)10(8)6-9/h4-5,8,11-12,14,16H,1-3,6-7H2.